The Morgan fingerprint density at radius 2 is 1.74 bits per heavy atom. The second-order valence-electron chi connectivity index (χ2n) is 5.39. The van der Waals surface area contributed by atoms with Gasteiger partial charge in [-0.3, -0.25) is 4.79 Å². The van der Waals surface area contributed by atoms with Gasteiger partial charge in [-0.15, -0.1) is 0 Å². The molecular formula is C12H20N2O5. The molecule has 7 heteroatoms. The van der Waals surface area contributed by atoms with E-state index in [0.29, 0.717) is 12.8 Å². The van der Waals surface area contributed by atoms with Crippen molar-refractivity contribution in [3.05, 3.63) is 0 Å². The van der Waals surface area contributed by atoms with Crippen LogP contribution in [-0.2, 0) is 4.79 Å². The molecule has 1 saturated heterocycles. The van der Waals surface area contributed by atoms with Crippen molar-refractivity contribution in [2.75, 3.05) is 13.1 Å². The van der Waals surface area contributed by atoms with Crippen molar-refractivity contribution >= 4 is 12.0 Å². The number of rotatable bonds is 2. The summed E-state index contributed by atoms with van der Waals surface area (Å²) in [5.41, 5.74) is 0. The first-order chi connectivity index (χ1) is 8.97. The zero-order chi connectivity index (χ0) is 14.0. The summed E-state index contributed by atoms with van der Waals surface area (Å²) >= 11 is 0. The molecule has 1 saturated carbocycles. The van der Waals surface area contributed by atoms with Crippen molar-refractivity contribution < 1.29 is 24.9 Å². The van der Waals surface area contributed by atoms with E-state index in [0.717, 1.165) is 12.8 Å². The molecule has 19 heavy (non-hydrogen) atoms. The normalized spacial score (nSPS) is 35.2. The average molecular weight is 272 g/mol. The topological polar surface area (TPSA) is 110 Å². The summed E-state index contributed by atoms with van der Waals surface area (Å²) in [5.74, 6) is -1.21. The van der Waals surface area contributed by atoms with Gasteiger partial charge < -0.3 is 25.5 Å². The fourth-order valence-corrected chi connectivity index (χ4v) is 2.75. The van der Waals surface area contributed by atoms with Crippen molar-refractivity contribution in [2.45, 2.75) is 43.9 Å². The maximum atomic E-state index is 11.9. The summed E-state index contributed by atoms with van der Waals surface area (Å²) in [6.45, 7) is 0.226. The smallest absolute Gasteiger partial charge is 0.317 e. The van der Waals surface area contributed by atoms with E-state index in [1.807, 2.05) is 0 Å². The molecule has 4 atom stereocenters. The van der Waals surface area contributed by atoms with E-state index in [4.69, 9.17) is 5.11 Å². The minimum Gasteiger partial charge on any atom is -0.481 e. The molecule has 0 aromatic carbocycles. The number of aliphatic hydroxyl groups is 2. The third kappa shape index (κ3) is 3.36. The van der Waals surface area contributed by atoms with Crippen LogP contribution in [0.15, 0.2) is 0 Å². The molecule has 1 aliphatic carbocycles. The van der Waals surface area contributed by atoms with E-state index in [1.165, 1.54) is 4.90 Å². The highest BCUT2D eigenvalue weighted by Gasteiger charge is 2.34. The number of likely N-dealkylation sites (tertiary alicyclic amines) is 1. The molecule has 108 valence electrons. The summed E-state index contributed by atoms with van der Waals surface area (Å²) in [6.07, 6.45) is 0.859. The van der Waals surface area contributed by atoms with Crippen molar-refractivity contribution in [1.82, 2.24) is 10.2 Å². The highest BCUT2D eigenvalue weighted by Crippen LogP contribution is 2.24. The molecule has 2 rings (SSSR count). The number of carboxylic acid groups (broad SMARTS) is 1. The molecule has 2 amide bonds. The minimum atomic E-state index is -0.899. The van der Waals surface area contributed by atoms with Gasteiger partial charge in [0.1, 0.15) is 0 Å². The Hall–Kier alpha value is -1.34. The van der Waals surface area contributed by atoms with Gasteiger partial charge in [-0.05, 0) is 19.3 Å². The van der Waals surface area contributed by atoms with Crippen LogP contribution >= 0.6 is 0 Å². The van der Waals surface area contributed by atoms with Crippen molar-refractivity contribution in [1.29, 1.82) is 0 Å². The van der Waals surface area contributed by atoms with E-state index in [2.05, 4.69) is 5.32 Å². The number of amides is 2. The number of hydrogen-bond donors (Lipinski definition) is 4. The number of aliphatic hydroxyl groups excluding tert-OH is 2. The van der Waals surface area contributed by atoms with Crippen LogP contribution in [0, 0.1) is 5.92 Å². The standard InChI is InChI=1S/C12H20N2O5/c15-9-5-14(6-10(9)16)12(19)13-8-3-1-2-7(4-8)11(17)18/h7-10,15-16H,1-6H2,(H,13,19)(H,17,18). The van der Waals surface area contributed by atoms with Crippen molar-refractivity contribution in [2.24, 2.45) is 5.92 Å². The maximum absolute atomic E-state index is 11.9. The summed E-state index contributed by atoms with van der Waals surface area (Å²) in [5, 5.41) is 30.5. The third-order valence-corrected chi connectivity index (χ3v) is 3.90. The molecule has 0 aromatic heterocycles. The molecule has 0 spiro atoms. The molecule has 0 aromatic rings. The Kier molecular flexibility index (Phi) is 4.26. The summed E-state index contributed by atoms with van der Waals surface area (Å²) in [7, 11) is 0. The van der Waals surface area contributed by atoms with Crippen LogP contribution in [-0.4, -0.2) is 63.6 Å². The third-order valence-electron chi connectivity index (χ3n) is 3.90. The Bertz CT molecular complexity index is 352. The molecular weight excluding hydrogens is 252 g/mol. The fraction of sp³-hybridized carbons (Fsp3) is 0.833. The molecule has 4 N–H and O–H groups in total. The van der Waals surface area contributed by atoms with Crippen LogP contribution in [0.25, 0.3) is 0 Å². The summed E-state index contributed by atoms with van der Waals surface area (Å²) in [4.78, 5) is 24.2. The van der Waals surface area contributed by atoms with Crippen LogP contribution in [0.3, 0.4) is 0 Å². The lowest BCUT2D eigenvalue weighted by Crippen LogP contribution is -2.46. The lowest BCUT2D eigenvalue weighted by atomic mass is 9.86. The van der Waals surface area contributed by atoms with E-state index < -0.39 is 24.1 Å². The van der Waals surface area contributed by atoms with Crippen LogP contribution in [0.4, 0.5) is 4.79 Å². The van der Waals surface area contributed by atoms with Gasteiger partial charge in [-0.1, -0.05) is 6.42 Å². The van der Waals surface area contributed by atoms with Gasteiger partial charge in [0.25, 0.3) is 0 Å². The van der Waals surface area contributed by atoms with Gasteiger partial charge in [0.2, 0.25) is 0 Å². The Morgan fingerprint density at radius 3 is 2.32 bits per heavy atom. The van der Waals surface area contributed by atoms with Crippen molar-refractivity contribution in [3.8, 4) is 0 Å². The van der Waals surface area contributed by atoms with Gasteiger partial charge in [-0.2, -0.15) is 0 Å². The maximum Gasteiger partial charge on any atom is 0.317 e. The number of nitrogens with one attached hydrogen (secondary N) is 1. The van der Waals surface area contributed by atoms with Crippen LogP contribution < -0.4 is 5.32 Å². The zero-order valence-electron chi connectivity index (χ0n) is 10.7. The molecule has 7 nitrogen and oxygen atoms in total. The summed E-state index contributed by atoms with van der Waals surface area (Å²) < 4.78 is 0. The predicted octanol–water partition coefficient (Wildman–Crippen LogP) is -0.623. The Morgan fingerprint density at radius 1 is 1.11 bits per heavy atom. The lowest BCUT2D eigenvalue weighted by Gasteiger charge is -2.29. The van der Waals surface area contributed by atoms with Crippen molar-refractivity contribution in [3.63, 3.8) is 0 Å². The molecule has 2 aliphatic rings. The highest BCUT2D eigenvalue weighted by atomic mass is 16.4. The number of β-amino-alcohol motifs (C(OH)–C–C–N with tert-alkyl or cyclic N) is 2. The summed E-state index contributed by atoms with van der Waals surface area (Å²) in [6, 6.07) is -0.483. The van der Waals surface area contributed by atoms with E-state index in [-0.39, 0.29) is 25.2 Å². The highest BCUT2D eigenvalue weighted by molar-refractivity contribution is 5.75. The van der Waals surface area contributed by atoms with E-state index in [9.17, 15) is 19.8 Å². The van der Waals surface area contributed by atoms with Gasteiger partial charge >= 0.3 is 12.0 Å². The number of carbonyl (C=O) groups excluding carboxylic acids is 1. The molecule has 2 fully saturated rings. The first kappa shape index (κ1) is 14.1. The number of hydrogen-bond acceptors (Lipinski definition) is 4. The van der Waals surface area contributed by atoms with Crippen LogP contribution in [0.1, 0.15) is 25.7 Å². The monoisotopic (exact) mass is 272 g/mol. The first-order valence-corrected chi connectivity index (χ1v) is 6.61. The van der Waals surface area contributed by atoms with Gasteiger partial charge in [0.15, 0.2) is 0 Å². The second-order valence-corrected chi connectivity index (χ2v) is 5.39. The molecule has 4 unspecified atom stereocenters. The molecule has 0 radical (unpaired) electrons. The molecule has 0 bridgehead atoms. The van der Waals surface area contributed by atoms with Gasteiger partial charge in [0, 0.05) is 6.04 Å². The molecule has 1 heterocycles. The number of aliphatic carboxylic acids is 1. The Balaban J connectivity index is 1.84. The van der Waals surface area contributed by atoms with Gasteiger partial charge in [0.05, 0.1) is 31.2 Å². The van der Waals surface area contributed by atoms with Crippen LogP contribution in [0.2, 0.25) is 0 Å². The largest absolute Gasteiger partial charge is 0.481 e. The number of urea groups is 1. The van der Waals surface area contributed by atoms with Gasteiger partial charge in [-0.25, -0.2) is 4.79 Å². The average Bonchev–Trinajstić information content (AvgIpc) is 2.70. The second kappa shape index (κ2) is 5.75. The fourth-order valence-electron chi connectivity index (χ4n) is 2.75. The SMILES string of the molecule is O=C(O)C1CCCC(NC(=O)N2CC(O)C(O)C2)C1. The van der Waals surface area contributed by atoms with E-state index >= 15 is 0 Å². The molecule has 1 aliphatic heterocycles. The predicted molar refractivity (Wildman–Crippen MR) is 65.5 cm³/mol. The Labute approximate surface area is 111 Å². The number of carbonyl (C=O) groups is 2. The quantitative estimate of drug-likeness (QED) is 0.535. The first-order valence-electron chi connectivity index (χ1n) is 6.61. The minimum absolute atomic E-state index is 0.113. The zero-order valence-corrected chi connectivity index (χ0v) is 10.7. The van der Waals surface area contributed by atoms with Crippen LogP contribution in [0.5, 0.6) is 0 Å². The number of nitrogens with zero attached hydrogens (tertiary/aromatic N) is 1. The lowest BCUT2D eigenvalue weighted by molar-refractivity contribution is -0.143. The number of carboxylic acids is 1. The van der Waals surface area contributed by atoms with E-state index in [1.54, 1.807) is 0 Å².